The molecule has 0 radical (unpaired) electrons. The largest absolute Gasteiger partial charge is 0.443 e. The van der Waals surface area contributed by atoms with E-state index in [2.05, 4.69) is 0 Å². The third-order valence-corrected chi connectivity index (χ3v) is 4.01. The number of ether oxygens (including phenoxy) is 1. The number of rotatable bonds is 0. The zero-order chi connectivity index (χ0) is 12.0. The van der Waals surface area contributed by atoms with Crippen LogP contribution in [0.5, 0.6) is 0 Å². The van der Waals surface area contributed by atoms with Gasteiger partial charge in [-0.15, -0.1) is 0 Å². The fraction of sp³-hybridized carbons (Fsp3) is 0.900. The molecule has 1 atom stereocenters. The van der Waals surface area contributed by atoms with Gasteiger partial charge in [0, 0.05) is 0 Å². The number of carbonyl (C=O) groups excluding carboxylic acids is 1. The summed E-state index contributed by atoms with van der Waals surface area (Å²) in [5.74, 6) is 0. The average molecular weight is 247 g/mol. The first-order valence-electron chi connectivity index (χ1n) is 5.42. The van der Waals surface area contributed by atoms with Crippen LogP contribution in [0.4, 0.5) is 4.79 Å². The molecule has 2 fully saturated rings. The zero-order valence-electron chi connectivity index (χ0n) is 9.82. The molecule has 1 spiro atoms. The van der Waals surface area contributed by atoms with Crippen molar-refractivity contribution in [1.29, 1.82) is 0 Å². The molecule has 0 N–H and O–H groups in total. The van der Waals surface area contributed by atoms with Crippen molar-refractivity contribution in [3.63, 3.8) is 0 Å². The molecule has 1 aliphatic heterocycles. The highest BCUT2D eigenvalue weighted by Gasteiger charge is 2.54. The van der Waals surface area contributed by atoms with Crippen LogP contribution in [0.3, 0.4) is 0 Å². The van der Waals surface area contributed by atoms with Gasteiger partial charge in [0.2, 0.25) is 0 Å². The molecule has 6 heteroatoms. The minimum atomic E-state index is -1.68. The van der Waals surface area contributed by atoms with Crippen LogP contribution in [0.1, 0.15) is 40.0 Å². The predicted octanol–water partition coefficient (Wildman–Crippen LogP) is 1.76. The van der Waals surface area contributed by atoms with Gasteiger partial charge >= 0.3 is 6.09 Å². The Kier molecular flexibility index (Phi) is 2.74. The fourth-order valence-corrected chi connectivity index (χ4v) is 3.06. The molecule has 2 rings (SSSR count). The molecule has 0 aromatic rings. The maximum Gasteiger partial charge on any atom is 0.424 e. The van der Waals surface area contributed by atoms with Crippen LogP contribution in [-0.2, 0) is 20.2 Å². The zero-order valence-corrected chi connectivity index (χ0v) is 10.6. The molecule has 5 nitrogen and oxygen atoms in total. The van der Waals surface area contributed by atoms with Crippen LogP contribution >= 0.6 is 0 Å². The highest BCUT2D eigenvalue weighted by molar-refractivity contribution is 7.78. The third-order valence-electron chi connectivity index (χ3n) is 2.85. The van der Waals surface area contributed by atoms with Gasteiger partial charge in [0.15, 0.2) is 0 Å². The Labute approximate surface area is 97.9 Å². The monoisotopic (exact) mass is 247 g/mol. The first-order chi connectivity index (χ1) is 7.34. The quantitative estimate of drug-likeness (QED) is 0.654. The summed E-state index contributed by atoms with van der Waals surface area (Å²) in [6.07, 6.45) is 2.19. The number of hydrogen-bond donors (Lipinski definition) is 0. The molecule has 0 aromatic heterocycles. The normalized spacial score (nSPS) is 27.9. The van der Waals surface area contributed by atoms with E-state index in [0.29, 0.717) is 6.61 Å². The Morgan fingerprint density at radius 3 is 2.50 bits per heavy atom. The maximum atomic E-state index is 11.9. The Hall–Kier alpha value is -0.620. The van der Waals surface area contributed by atoms with E-state index in [9.17, 15) is 9.00 Å². The maximum absolute atomic E-state index is 11.9. The molecular formula is C10H17NO4S. The SMILES string of the molecule is CC(C)(C)OC(=O)N1S(=O)OCC12CCC2. The molecule has 0 bridgehead atoms. The summed E-state index contributed by atoms with van der Waals surface area (Å²) >= 11 is -1.68. The second-order valence-corrected chi connectivity index (χ2v) is 6.37. The number of nitrogens with zero attached hydrogens (tertiary/aromatic N) is 1. The molecule has 16 heavy (non-hydrogen) atoms. The van der Waals surface area contributed by atoms with Gasteiger partial charge in [-0.25, -0.2) is 9.00 Å². The van der Waals surface area contributed by atoms with E-state index < -0.39 is 23.0 Å². The number of hydrogen-bond acceptors (Lipinski definition) is 4. The standard InChI is InChI=1S/C10H17NO4S/c1-9(2,3)15-8(12)11-10(5-4-6-10)7-14-16(11)13/h4-7H2,1-3H3. The van der Waals surface area contributed by atoms with E-state index >= 15 is 0 Å². The Morgan fingerprint density at radius 1 is 1.44 bits per heavy atom. The second kappa shape index (κ2) is 3.70. The van der Waals surface area contributed by atoms with Gasteiger partial charge in [0.05, 0.1) is 12.1 Å². The minimum absolute atomic E-state index is 0.360. The lowest BCUT2D eigenvalue weighted by Crippen LogP contribution is -2.54. The van der Waals surface area contributed by atoms with E-state index in [1.807, 2.05) is 0 Å². The summed E-state index contributed by atoms with van der Waals surface area (Å²) in [6, 6.07) is 0. The smallest absolute Gasteiger partial charge is 0.424 e. The van der Waals surface area contributed by atoms with Crippen LogP contribution in [0.15, 0.2) is 0 Å². The second-order valence-electron chi connectivity index (χ2n) is 5.33. The first kappa shape index (κ1) is 11.9. The molecule has 1 amide bonds. The summed E-state index contributed by atoms with van der Waals surface area (Å²) < 4.78 is 23.2. The van der Waals surface area contributed by atoms with Crippen molar-refractivity contribution < 1.29 is 17.9 Å². The Morgan fingerprint density at radius 2 is 2.06 bits per heavy atom. The Balaban J connectivity index is 2.12. The molecule has 1 saturated carbocycles. The van der Waals surface area contributed by atoms with Crippen molar-refractivity contribution >= 4 is 17.4 Å². The lowest BCUT2D eigenvalue weighted by Gasteiger charge is -2.41. The summed E-state index contributed by atoms with van der Waals surface area (Å²) in [6.45, 7) is 5.73. The topological polar surface area (TPSA) is 55.8 Å². The van der Waals surface area contributed by atoms with Gasteiger partial charge in [-0.05, 0) is 40.0 Å². The van der Waals surface area contributed by atoms with Gasteiger partial charge in [-0.2, -0.15) is 4.31 Å². The summed E-state index contributed by atoms with van der Waals surface area (Å²) in [7, 11) is 0. The third kappa shape index (κ3) is 1.96. The highest BCUT2D eigenvalue weighted by Crippen LogP contribution is 2.43. The van der Waals surface area contributed by atoms with Gasteiger partial charge in [-0.3, -0.25) is 4.18 Å². The minimum Gasteiger partial charge on any atom is -0.443 e. The van der Waals surface area contributed by atoms with E-state index in [1.165, 1.54) is 4.31 Å². The van der Waals surface area contributed by atoms with E-state index in [-0.39, 0.29) is 5.54 Å². The van der Waals surface area contributed by atoms with Crippen LogP contribution in [0.2, 0.25) is 0 Å². The van der Waals surface area contributed by atoms with Crippen molar-refractivity contribution in [2.45, 2.75) is 51.2 Å². The molecule has 1 aliphatic carbocycles. The lowest BCUT2D eigenvalue weighted by atomic mass is 9.77. The highest BCUT2D eigenvalue weighted by atomic mass is 32.2. The van der Waals surface area contributed by atoms with Gasteiger partial charge < -0.3 is 4.74 Å². The molecule has 1 unspecified atom stereocenters. The molecular weight excluding hydrogens is 230 g/mol. The van der Waals surface area contributed by atoms with Crippen LogP contribution in [0, 0.1) is 0 Å². The van der Waals surface area contributed by atoms with Gasteiger partial charge in [0.1, 0.15) is 5.60 Å². The van der Waals surface area contributed by atoms with Crippen LogP contribution < -0.4 is 0 Å². The van der Waals surface area contributed by atoms with Crippen molar-refractivity contribution in [3.8, 4) is 0 Å². The average Bonchev–Trinajstić information content (AvgIpc) is 2.38. The van der Waals surface area contributed by atoms with Gasteiger partial charge in [0.25, 0.3) is 11.3 Å². The van der Waals surface area contributed by atoms with Gasteiger partial charge in [-0.1, -0.05) is 0 Å². The summed E-state index contributed by atoms with van der Waals surface area (Å²) in [5, 5.41) is 0. The Bertz CT molecular complexity index is 332. The van der Waals surface area contributed by atoms with Crippen molar-refractivity contribution in [2.75, 3.05) is 6.61 Å². The fourth-order valence-electron chi connectivity index (χ4n) is 1.92. The molecule has 92 valence electrons. The van der Waals surface area contributed by atoms with Crippen molar-refractivity contribution in [1.82, 2.24) is 4.31 Å². The molecule has 1 saturated heterocycles. The van der Waals surface area contributed by atoms with Crippen molar-refractivity contribution in [3.05, 3.63) is 0 Å². The lowest BCUT2D eigenvalue weighted by molar-refractivity contribution is 0.0107. The number of carbonyl (C=O) groups is 1. The van der Waals surface area contributed by atoms with E-state index in [4.69, 9.17) is 8.92 Å². The molecule has 0 aromatic carbocycles. The number of amides is 1. The predicted molar refractivity (Wildman–Crippen MR) is 58.7 cm³/mol. The van der Waals surface area contributed by atoms with E-state index in [0.717, 1.165) is 19.3 Å². The van der Waals surface area contributed by atoms with Crippen LogP contribution in [-0.4, -0.2) is 32.4 Å². The summed E-state index contributed by atoms with van der Waals surface area (Å²) in [5.41, 5.74) is -0.942. The summed E-state index contributed by atoms with van der Waals surface area (Å²) in [4.78, 5) is 11.9. The van der Waals surface area contributed by atoms with E-state index in [1.54, 1.807) is 20.8 Å². The first-order valence-corrected chi connectivity index (χ1v) is 6.46. The molecule has 2 aliphatic rings. The van der Waals surface area contributed by atoms with Crippen molar-refractivity contribution in [2.24, 2.45) is 0 Å². The van der Waals surface area contributed by atoms with Crippen LogP contribution in [0.25, 0.3) is 0 Å². The molecule has 1 heterocycles.